The molecule has 16 heavy (non-hydrogen) atoms. The summed E-state index contributed by atoms with van der Waals surface area (Å²) in [5.41, 5.74) is 0. The Bertz CT molecular complexity index is 219. The molecule has 0 radical (unpaired) electrons. The van der Waals surface area contributed by atoms with Gasteiger partial charge in [0.25, 0.3) is 0 Å². The Hall–Kier alpha value is -0.340. The van der Waals surface area contributed by atoms with Gasteiger partial charge in [0.15, 0.2) is 0 Å². The van der Waals surface area contributed by atoms with Gasteiger partial charge < -0.3 is 9.47 Å². The number of allylic oxidation sites excluding steroid dienone is 2. The summed E-state index contributed by atoms with van der Waals surface area (Å²) in [7, 11) is 3.54. The van der Waals surface area contributed by atoms with Gasteiger partial charge in [0.2, 0.25) is 0 Å². The van der Waals surface area contributed by atoms with Crippen LogP contribution in [0.15, 0.2) is 12.2 Å². The van der Waals surface area contributed by atoms with Crippen LogP contribution in [-0.2, 0) is 9.47 Å². The summed E-state index contributed by atoms with van der Waals surface area (Å²) in [6.07, 6.45) is 4.73. The Balaban J connectivity index is 2.72. The second-order valence-corrected chi connectivity index (χ2v) is 5.21. The fourth-order valence-corrected chi connectivity index (χ4v) is 2.77. The molecule has 2 heteroatoms. The van der Waals surface area contributed by atoms with Crippen LogP contribution in [0.25, 0.3) is 0 Å². The van der Waals surface area contributed by atoms with E-state index in [-0.39, 0.29) is 0 Å². The van der Waals surface area contributed by atoms with Crippen molar-refractivity contribution in [2.45, 2.75) is 20.8 Å². The number of rotatable bonds is 5. The zero-order valence-electron chi connectivity index (χ0n) is 11.3. The summed E-state index contributed by atoms with van der Waals surface area (Å²) >= 11 is 0. The largest absolute Gasteiger partial charge is 0.384 e. The second kappa shape index (κ2) is 6.41. The monoisotopic (exact) mass is 226 g/mol. The highest BCUT2D eigenvalue weighted by Crippen LogP contribution is 2.37. The van der Waals surface area contributed by atoms with Crippen LogP contribution >= 0.6 is 0 Å². The molecule has 0 saturated carbocycles. The Morgan fingerprint density at radius 3 is 2.00 bits per heavy atom. The first-order valence-electron chi connectivity index (χ1n) is 6.28. The van der Waals surface area contributed by atoms with Gasteiger partial charge in [0.05, 0.1) is 13.2 Å². The molecule has 0 heterocycles. The molecule has 1 aliphatic carbocycles. The van der Waals surface area contributed by atoms with Gasteiger partial charge >= 0.3 is 0 Å². The Morgan fingerprint density at radius 2 is 1.50 bits per heavy atom. The van der Waals surface area contributed by atoms with Gasteiger partial charge in [-0.25, -0.2) is 0 Å². The van der Waals surface area contributed by atoms with Crippen molar-refractivity contribution >= 4 is 0 Å². The third-order valence-corrected chi connectivity index (χ3v) is 4.21. The Kier molecular flexibility index (Phi) is 5.50. The van der Waals surface area contributed by atoms with E-state index in [1.807, 2.05) is 0 Å². The van der Waals surface area contributed by atoms with E-state index < -0.39 is 0 Å². The fraction of sp³-hybridized carbons (Fsp3) is 0.857. The quantitative estimate of drug-likeness (QED) is 0.671. The number of hydrogen-bond donors (Lipinski definition) is 0. The van der Waals surface area contributed by atoms with E-state index in [0.29, 0.717) is 23.7 Å². The maximum atomic E-state index is 5.31. The SMILES string of the molecule is COCC(COC)C1C=CC(C)C(C)C1C. The molecule has 2 nitrogen and oxygen atoms in total. The first kappa shape index (κ1) is 13.7. The molecule has 0 bridgehead atoms. The number of hydrogen-bond acceptors (Lipinski definition) is 2. The van der Waals surface area contributed by atoms with E-state index in [2.05, 4.69) is 32.9 Å². The van der Waals surface area contributed by atoms with E-state index in [4.69, 9.17) is 9.47 Å². The van der Waals surface area contributed by atoms with Crippen molar-refractivity contribution in [3.05, 3.63) is 12.2 Å². The smallest absolute Gasteiger partial charge is 0.0518 e. The average molecular weight is 226 g/mol. The fourth-order valence-electron chi connectivity index (χ4n) is 2.77. The lowest BCUT2D eigenvalue weighted by molar-refractivity contribution is 0.0381. The van der Waals surface area contributed by atoms with Crippen LogP contribution < -0.4 is 0 Å². The van der Waals surface area contributed by atoms with Crippen LogP contribution in [-0.4, -0.2) is 27.4 Å². The molecular weight excluding hydrogens is 200 g/mol. The molecule has 0 aliphatic heterocycles. The van der Waals surface area contributed by atoms with Crippen molar-refractivity contribution in [1.29, 1.82) is 0 Å². The lowest BCUT2D eigenvalue weighted by atomic mass is 9.69. The highest BCUT2D eigenvalue weighted by atomic mass is 16.5. The molecule has 0 saturated heterocycles. The molecule has 0 fully saturated rings. The van der Waals surface area contributed by atoms with Crippen LogP contribution in [0.2, 0.25) is 0 Å². The normalized spacial score (nSPS) is 34.6. The molecule has 0 N–H and O–H groups in total. The number of ether oxygens (including phenoxy) is 2. The Morgan fingerprint density at radius 1 is 0.938 bits per heavy atom. The maximum Gasteiger partial charge on any atom is 0.0518 e. The van der Waals surface area contributed by atoms with Crippen LogP contribution in [0.3, 0.4) is 0 Å². The lowest BCUT2D eigenvalue weighted by Crippen LogP contribution is -2.34. The van der Waals surface area contributed by atoms with Crippen LogP contribution in [0.4, 0.5) is 0 Å². The van der Waals surface area contributed by atoms with Gasteiger partial charge in [-0.1, -0.05) is 32.9 Å². The van der Waals surface area contributed by atoms with Gasteiger partial charge in [-0.05, 0) is 23.7 Å². The maximum absolute atomic E-state index is 5.31. The van der Waals surface area contributed by atoms with Crippen molar-refractivity contribution in [2.24, 2.45) is 29.6 Å². The molecule has 0 aromatic carbocycles. The summed E-state index contributed by atoms with van der Waals surface area (Å²) in [6, 6.07) is 0. The summed E-state index contributed by atoms with van der Waals surface area (Å²) in [5, 5.41) is 0. The van der Waals surface area contributed by atoms with Crippen molar-refractivity contribution in [1.82, 2.24) is 0 Å². The minimum atomic E-state index is 0.483. The Labute approximate surface area is 100 Å². The van der Waals surface area contributed by atoms with E-state index in [1.54, 1.807) is 14.2 Å². The minimum absolute atomic E-state index is 0.483. The highest BCUT2D eigenvalue weighted by molar-refractivity contribution is 5.03. The predicted octanol–water partition coefficient (Wildman–Crippen LogP) is 2.99. The standard InChI is InChI=1S/C14H26O2/c1-10-6-7-14(12(3)11(10)2)13(8-15-4)9-16-5/h6-7,10-14H,8-9H2,1-5H3. The van der Waals surface area contributed by atoms with Gasteiger partial charge in [-0.3, -0.25) is 0 Å². The summed E-state index contributed by atoms with van der Waals surface area (Å²) in [5.74, 6) is 3.21. The van der Waals surface area contributed by atoms with E-state index in [9.17, 15) is 0 Å². The molecule has 1 aliphatic rings. The highest BCUT2D eigenvalue weighted by Gasteiger charge is 2.32. The summed E-state index contributed by atoms with van der Waals surface area (Å²) < 4.78 is 10.6. The molecule has 0 aromatic rings. The molecule has 4 unspecified atom stereocenters. The topological polar surface area (TPSA) is 18.5 Å². The van der Waals surface area contributed by atoms with Gasteiger partial charge in [0.1, 0.15) is 0 Å². The number of methoxy groups -OCH3 is 2. The lowest BCUT2D eigenvalue weighted by Gasteiger charge is -2.38. The van der Waals surface area contributed by atoms with Gasteiger partial charge in [-0.2, -0.15) is 0 Å². The van der Waals surface area contributed by atoms with Crippen molar-refractivity contribution in [3.8, 4) is 0 Å². The van der Waals surface area contributed by atoms with Gasteiger partial charge in [0, 0.05) is 20.1 Å². The predicted molar refractivity (Wildman–Crippen MR) is 67.4 cm³/mol. The molecule has 1 rings (SSSR count). The third kappa shape index (κ3) is 3.08. The average Bonchev–Trinajstić information content (AvgIpc) is 2.26. The van der Waals surface area contributed by atoms with Crippen LogP contribution in [0.5, 0.6) is 0 Å². The van der Waals surface area contributed by atoms with Crippen molar-refractivity contribution in [3.63, 3.8) is 0 Å². The van der Waals surface area contributed by atoms with Crippen molar-refractivity contribution in [2.75, 3.05) is 27.4 Å². The van der Waals surface area contributed by atoms with E-state index >= 15 is 0 Å². The molecule has 0 amide bonds. The molecule has 94 valence electrons. The van der Waals surface area contributed by atoms with Gasteiger partial charge in [-0.15, -0.1) is 0 Å². The minimum Gasteiger partial charge on any atom is -0.384 e. The zero-order chi connectivity index (χ0) is 12.1. The van der Waals surface area contributed by atoms with E-state index in [1.165, 1.54) is 0 Å². The van der Waals surface area contributed by atoms with Crippen LogP contribution in [0, 0.1) is 29.6 Å². The second-order valence-electron chi connectivity index (χ2n) is 5.21. The zero-order valence-corrected chi connectivity index (χ0v) is 11.3. The summed E-state index contributed by atoms with van der Waals surface area (Å²) in [6.45, 7) is 8.58. The molecule has 0 aromatic heterocycles. The molecule has 4 atom stereocenters. The molecular formula is C14H26O2. The van der Waals surface area contributed by atoms with Crippen molar-refractivity contribution < 1.29 is 9.47 Å². The first-order valence-corrected chi connectivity index (χ1v) is 6.28. The molecule has 0 spiro atoms. The van der Waals surface area contributed by atoms with Crippen LogP contribution in [0.1, 0.15) is 20.8 Å². The van der Waals surface area contributed by atoms with E-state index in [0.717, 1.165) is 19.1 Å². The first-order chi connectivity index (χ1) is 7.61. The third-order valence-electron chi connectivity index (χ3n) is 4.21. The summed E-state index contributed by atoms with van der Waals surface area (Å²) in [4.78, 5) is 0.